The fraction of sp³-hybridized carbons (Fsp3) is 0.0714. The van der Waals surface area contributed by atoms with Gasteiger partial charge in [-0.1, -0.05) is 78.9 Å². The van der Waals surface area contributed by atoms with Crippen molar-refractivity contribution in [3.8, 4) is 5.75 Å². The lowest BCUT2D eigenvalue weighted by atomic mass is 10.1. The van der Waals surface area contributed by atoms with Crippen molar-refractivity contribution >= 4 is 20.9 Å². The predicted octanol–water partition coefficient (Wildman–Crippen LogP) is 5.54. The van der Waals surface area contributed by atoms with Crippen molar-refractivity contribution in [2.45, 2.75) is 17.6 Å². The fourth-order valence-electron chi connectivity index (χ4n) is 3.98. The molecule has 5 aromatic rings. The molecule has 0 radical (unpaired) electrons. The Labute approximate surface area is 198 Å². The number of aliphatic hydroxyl groups excluding tert-OH is 1. The van der Waals surface area contributed by atoms with Crippen molar-refractivity contribution in [1.29, 1.82) is 0 Å². The molecule has 5 rings (SSSR count). The van der Waals surface area contributed by atoms with E-state index in [1.165, 1.54) is 3.97 Å². The minimum absolute atomic E-state index is 0.151. The molecule has 1 N–H and O–H groups in total. The average Bonchev–Trinajstić information content (AvgIpc) is 3.28. The van der Waals surface area contributed by atoms with Crippen LogP contribution in [0.5, 0.6) is 5.75 Å². The highest BCUT2D eigenvalue weighted by atomic mass is 32.2. The Kier molecular flexibility index (Phi) is 5.92. The third-order valence-corrected chi connectivity index (χ3v) is 7.44. The second-order valence-electron chi connectivity index (χ2n) is 7.96. The zero-order valence-electron chi connectivity index (χ0n) is 18.3. The van der Waals surface area contributed by atoms with Gasteiger partial charge in [0.2, 0.25) is 0 Å². The fourth-order valence-corrected chi connectivity index (χ4v) is 5.55. The summed E-state index contributed by atoms with van der Waals surface area (Å²) < 4.78 is 34.5. The van der Waals surface area contributed by atoms with Crippen molar-refractivity contribution in [3.05, 3.63) is 132 Å². The highest BCUT2D eigenvalue weighted by Crippen LogP contribution is 2.34. The van der Waals surface area contributed by atoms with Crippen LogP contribution in [0.3, 0.4) is 0 Å². The van der Waals surface area contributed by atoms with Gasteiger partial charge in [0, 0.05) is 5.39 Å². The van der Waals surface area contributed by atoms with Crippen LogP contribution in [-0.4, -0.2) is 17.5 Å². The van der Waals surface area contributed by atoms with Gasteiger partial charge in [-0.05, 0) is 47.5 Å². The van der Waals surface area contributed by atoms with Gasteiger partial charge >= 0.3 is 0 Å². The van der Waals surface area contributed by atoms with Crippen molar-refractivity contribution in [2.75, 3.05) is 0 Å². The van der Waals surface area contributed by atoms with Gasteiger partial charge in [0.15, 0.2) is 0 Å². The van der Waals surface area contributed by atoms with Crippen LogP contribution in [-0.2, 0) is 16.6 Å². The second-order valence-corrected chi connectivity index (χ2v) is 9.75. The maximum atomic E-state index is 13.7. The van der Waals surface area contributed by atoms with Crippen LogP contribution < -0.4 is 4.74 Å². The molecule has 0 saturated carbocycles. The molecule has 0 amide bonds. The van der Waals surface area contributed by atoms with E-state index in [0.29, 0.717) is 28.8 Å². The summed E-state index contributed by atoms with van der Waals surface area (Å²) in [5, 5.41) is 11.9. The predicted molar refractivity (Wildman–Crippen MR) is 132 cm³/mol. The topological polar surface area (TPSA) is 68.5 Å². The van der Waals surface area contributed by atoms with E-state index in [2.05, 4.69) is 0 Å². The molecular formula is C28H23NO4S. The van der Waals surface area contributed by atoms with Gasteiger partial charge in [0.05, 0.1) is 16.1 Å². The summed E-state index contributed by atoms with van der Waals surface area (Å²) >= 11 is 0. The molecule has 170 valence electrons. The third kappa shape index (κ3) is 4.21. The number of aromatic nitrogens is 1. The maximum absolute atomic E-state index is 13.7. The molecular weight excluding hydrogens is 446 g/mol. The second kappa shape index (κ2) is 9.17. The van der Waals surface area contributed by atoms with Crippen LogP contribution in [0.15, 0.2) is 120 Å². The number of aliphatic hydroxyl groups is 1. The molecule has 6 heteroatoms. The van der Waals surface area contributed by atoms with Crippen molar-refractivity contribution < 1.29 is 18.3 Å². The lowest BCUT2D eigenvalue weighted by molar-refractivity contribution is 0.214. The highest BCUT2D eigenvalue weighted by Gasteiger charge is 2.27. The van der Waals surface area contributed by atoms with Gasteiger partial charge in [-0.3, -0.25) is 0 Å². The summed E-state index contributed by atoms with van der Waals surface area (Å²) in [7, 11) is -3.96. The minimum atomic E-state index is -3.96. The van der Waals surface area contributed by atoms with Gasteiger partial charge in [0.25, 0.3) is 10.0 Å². The monoisotopic (exact) mass is 469 g/mol. The van der Waals surface area contributed by atoms with E-state index in [1.807, 2.05) is 48.5 Å². The maximum Gasteiger partial charge on any atom is 0.268 e. The van der Waals surface area contributed by atoms with Crippen LogP contribution in [0.2, 0.25) is 0 Å². The SMILES string of the molecule is O=S(=O)(c1ccccc1)n1c(C(O)c2ccccc2)cc2cc(OCc3ccccc3)ccc21. The molecule has 0 aliphatic heterocycles. The molecule has 1 aromatic heterocycles. The van der Waals surface area contributed by atoms with Crippen molar-refractivity contribution in [2.24, 2.45) is 0 Å². The molecule has 0 bridgehead atoms. The van der Waals surface area contributed by atoms with Gasteiger partial charge < -0.3 is 9.84 Å². The lowest BCUT2D eigenvalue weighted by Crippen LogP contribution is -2.18. The van der Waals surface area contributed by atoms with E-state index in [-0.39, 0.29) is 10.6 Å². The highest BCUT2D eigenvalue weighted by molar-refractivity contribution is 7.90. The van der Waals surface area contributed by atoms with Crippen LogP contribution in [0.1, 0.15) is 22.9 Å². The van der Waals surface area contributed by atoms with Crippen LogP contribution in [0, 0.1) is 0 Å². The molecule has 0 saturated heterocycles. The number of nitrogens with zero attached hydrogens (tertiary/aromatic N) is 1. The summed E-state index contributed by atoms with van der Waals surface area (Å²) in [5.41, 5.74) is 2.38. The first-order valence-electron chi connectivity index (χ1n) is 10.9. The van der Waals surface area contributed by atoms with Crippen LogP contribution in [0.25, 0.3) is 10.9 Å². The van der Waals surface area contributed by atoms with E-state index in [4.69, 9.17) is 4.74 Å². The van der Waals surface area contributed by atoms with Gasteiger partial charge in [-0.25, -0.2) is 12.4 Å². The number of rotatable bonds is 7. The smallest absolute Gasteiger partial charge is 0.268 e. The lowest BCUT2D eigenvalue weighted by Gasteiger charge is -2.16. The zero-order valence-corrected chi connectivity index (χ0v) is 19.1. The van der Waals surface area contributed by atoms with E-state index in [0.717, 1.165) is 5.56 Å². The largest absolute Gasteiger partial charge is 0.489 e. The van der Waals surface area contributed by atoms with Crippen LogP contribution in [0.4, 0.5) is 0 Å². The van der Waals surface area contributed by atoms with E-state index in [9.17, 15) is 13.5 Å². The number of fused-ring (bicyclic) bond motifs is 1. The summed E-state index contributed by atoms with van der Waals surface area (Å²) in [6.45, 7) is 0.398. The normalized spacial score (nSPS) is 12.5. The van der Waals surface area contributed by atoms with Crippen molar-refractivity contribution in [1.82, 2.24) is 3.97 Å². The minimum Gasteiger partial charge on any atom is -0.489 e. The number of hydrogen-bond donors (Lipinski definition) is 1. The van der Waals surface area contributed by atoms with Gasteiger partial charge in [-0.2, -0.15) is 0 Å². The Morgan fingerprint density at radius 3 is 2.06 bits per heavy atom. The molecule has 5 nitrogen and oxygen atoms in total. The molecule has 1 atom stereocenters. The molecule has 1 unspecified atom stereocenters. The first kappa shape index (κ1) is 21.9. The number of hydrogen-bond acceptors (Lipinski definition) is 4. The first-order valence-corrected chi connectivity index (χ1v) is 12.3. The van der Waals surface area contributed by atoms with E-state index >= 15 is 0 Å². The standard InChI is InChI=1S/C28H23NO4S/c30-28(22-12-6-2-7-13-22)27-19-23-18-24(33-20-21-10-4-1-5-11-21)16-17-26(23)29(27)34(31,32)25-14-8-3-9-15-25/h1-19,28,30H,20H2. The first-order chi connectivity index (χ1) is 16.5. The summed E-state index contributed by atoms with van der Waals surface area (Å²) in [4.78, 5) is 0.151. The zero-order chi connectivity index (χ0) is 23.5. The molecule has 0 fully saturated rings. The van der Waals surface area contributed by atoms with Gasteiger partial charge in [-0.15, -0.1) is 0 Å². The average molecular weight is 470 g/mol. The van der Waals surface area contributed by atoms with E-state index in [1.54, 1.807) is 66.7 Å². The summed E-state index contributed by atoms with van der Waals surface area (Å²) in [5.74, 6) is 0.617. The molecule has 0 spiro atoms. The van der Waals surface area contributed by atoms with Crippen LogP contribution >= 0.6 is 0 Å². The molecule has 1 heterocycles. The van der Waals surface area contributed by atoms with Gasteiger partial charge in [0.1, 0.15) is 18.5 Å². The molecule has 4 aromatic carbocycles. The Bertz CT molecular complexity index is 1510. The Hall–Kier alpha value is -3.87. The summed E-state index contributed by atoms with van der Waals surface area (Å²) in [6.07, 6.45) is -1.12. The Morgan fingerprint density at radius 1 is 0.765 bits per heavy atom. The molecule has 34 heavy (non-hydrogen) atoms. The quantitative estimate of drug-likeness (QED) is 0.340. The van der Waals surface area contributed by atoms with Crippen molar-refractivity contribution in [3.63, 3.8) is 0 Å². The molecule has 0 aliphatic rings. The number of ether oxygens (including phenoxy) is 1. The number of benzene rings is 4. The molecule has 0 aliphatic carbocycles. The van der Waals surface area contributed by atoms with E-state index < -0.39 is 16.1 Å². The summed E-state index contributed by atoms with van der Waals surface area (Å²) in [6, 6.07) is 34.1. The Morgan fingerprint density at radius 2 is 1.38 bits per heavy atom. The third-order valence-electron chi connectivity index (χ3n) is 5.68. The Balaban J connectivity index is 1.62.